The van der Waals surface area contributed by atoms with Crippen molar-refractivity contribution in [2.75, 3.05) is 30.9 Å². The van der Waals surface area contributed by atoms with Crippen LogP contribution in [0.3, 0.4) is 0 Å². The van der Waals surface area contributed by atoms with Gasteiger partial charge in [0.2, 0.25) is 0 Å². The van der Waals surface area contributed by atoms with Crippen LogP contribution in [0.1, 0.15) is 75.3 Å². The van der Waals surface area contributed by atoms with E-state index in [4.69, 9.17) is 31.4 Å². The first-order valence-corrected chi connectivity index (χ1v) is 16.5. The molecule has 6 aromatic rings. The Morgan fingerprint density at radius 1 is 0.583 bits per heavy atom. The summed E-state index contributed by atoms with van der Waals surface area (Å²) >= 11 is 0. The van der Waals surface area contributed by atoms with Crippen molar-refractivity contribution < 1.29 is 14.2 Å². The van der Waals surface area contributed by atoms with E-state index in [-0.39, 0.29) is 6.10 Å². The first kappa shape index (κ1) is 35.7. The number of pyridine rings is 3. The van der Waals surface area contributed by atoms with E-state index < -0.39 is 0 Å². The van der Waals surface area contributed by atoms with E-state index in [1.807, 2.05) is 67.2 Å². The number of aryl methyl sites for hydroxylation is 6. The summed E-state index contributed by atoms with van der Waals surface area (Å²) < 4.78 is 21.7. The Bertz CT molecular complexity index is 2020. The molecule has 6 heterocycles. The minimum absolute atomic E-state index is 0.0765. The van der Waals surface area contributed by atoms with Gasteiger partial charge in [-0.15, -0.1) is 15.3 Å². The predicted molar refractivity (Wildman–Crippen MR) is 195 cm³/mol. The third-order valence-corrected chi connectivity index (χ3v) is 8.12. The predicted octanol–water partition coefficient (Wildman–Crippen LogP) is 6.56. The molecule has 0 saturated heterocycles. The van der Waals surface area contributed by atoms with Gasteiger partial charge in [0.05, 0.1) is 36.4 Å². The van der Waals surface area contributed by atoms with Gasteiger partial charge in [0.1, 0.15) is 17.1 Å². The molecule has 0 fully saturated rings. The van der Waals surface area contributed by atoms with E-state index in [1.165, 1.54) is 16.7 Å². The number of hydrogen-bond donors (Lipinski definition) is 3. The van der Waals surface area contributed by atoms with Crippen LogP contribution in [0.25, 0.3) is 16.6 Å². The molecule has 0 aliphatic carbocycles. The molecule has 6 rings (SSSR count). The first-order chi connectivity index (χ1) is 22.9. The summed E-state index contributed by atoms with van der Waals surface area (Å²) in [6.07, 6.45) is 2.88. The lowest BCUT2D eigenvalue weighted by Crippen LogP contribution is -2.07. The number of fused-ring (bicyclic) bond motifs is 3. The fraction of sp³-hybridized carbons (Fsp3) is 0.417. The summed E-state index contributed by atoms with van der Waals surface area (Å²) in [5.41, 5.74) is 29.7. The summed E-state index contributed by atoms with van der Waals surface area (Å²) in [5.74, 6) is 1.56. The van der Waals surface area contributed by atoms with Crippen LogP contribution in [0.15, 0.2) is 36.4 Å². The van der Waals surface area contributed by atoms with Crippen molar-refractivity contribution >= 4 is 33.6 Å². The van der Waals surface area contributed by atoms with Crippen LogP contribution in [0.5, 0.6) is 17.6 Å². The highest BCUT2D eigenvalue weighted by atomic mass is 16.5. The van der Waals surface area contributed by atoms with E-state index in [0.29, 0.717) is 41.3 Å². The van der Waals surface area contributed by atoms with Crippen molar-refractivity contribution in [3.63, 3.8) is 0 Å². The van der Waals surface area contributed by atoms with Gasteiger partial charge in [0.25, 0.3) is 17.6 Å². The molecule has 0 bridgehead atoms. The number of nitrogens with zero attached hydrogens (tertiary/aromatic N) is 6. The largest absolute Gasteiger partial charge is 0.478 e. The number of nitrogens with two attached hydrogens (primary N) is 3. The Morgan fingerprint density at radius 2 is 0.938 bits per heavy atom. The van der Waals surface area contributed by atoms with E-state index in [1.54, 1.807) is 7.11 Å². The zero-order chi connectivity index (χ0) is 35.3. The molecule has 12 heteroatoms. The molecule has 0 spiro atoms. The molecule has 48 heavy (non-hydrogen) atoms. The van der Waals surface area contributed by atoms with Gasteiger partial charge in [-0.25, -0.2) is 13.5 Å². The molecule has 0 radical (unpaired) electrons. The molecular weight excluding hydrogens is 606 g/mol. The topological polar surface area (TPSA) is 158 Å². The monoisotopic (exact) mass is 657 g/mol. The van der Waals surface area contributed by atoms with Crippen molar-refractivity contribution in [3.8, 4) is 17.6 Å². The Morgan fingerprint density at radius 3 is 1.29 bits per heavy atom. The zero-order valence-corrected chi connectivity index (χ0v) is 30.0. The molecule has 6 aromatic heterocycles. The van der Waals surface area contributed by atoms with Gasteiger partial charge in [-0.3, -0.25) is 0 Å². The van der Waals surface area contributed by atoms with Gasteiger partial charge < -0.3 is 31.4 Å². The van der Waals surface area contributed by atoms with Gasteiger partial charge in [0, 0.05) is 17.1 Å². The van der Waals surface area contributed by atoms with E-state index in [0.717, 1.165) is 52.9 Å². The highest BCUT2D eigenvalue weighted by molar-refractivity contribution is 5.80. The minimum Gasteiger partial charge on any atom is -0.478 e. The van der Waals surface area contributed by atoms with E-state index in [2.05, 4.69) is 60.3 Å². The molecule has 0 aromatic carbocycles. The Labute approximate surface area is 282 Å². The van der Waals surface area contributed by atoms with Crippen LogP contribution >= 0.6 is 0 Å². The number of aromatic nitrogens is 6. The molecule has 0 amide bonds. The van der Waals surface area contributed by atoms with Crippen molar-refractivity contribution in [2.24, 2.45) is 0 Å². The lowest BCUT2D eigenvalue weighted by Gasteiger charge is -2.06. The quantitative estimate of drug-likeness (QED) is 0.165. The molecule has 0 atom stereocenters. The highest BCUT2D eigenvalue weighted by Gasteiger charge is 2.17. The van der Waals surface area contributed by atoms with Gasteiger partial charge in [0.15, 0.2) is 0 Å². The van der Waals surface area contributed by atoms with Gasteiger partial charge in [-0.05, 0) is 95.7 Å². The molecular formula is C36H51N9O3. The zero-order valence-electron chi connectivity index (χ0n) is 30.0. The van der Waals surface area contributed by atoms with Crippen molar-refractivity contribution in [1.82, 2.24) is 28.8 Å². The molecule has 0 aliphatic rings. The maximum atomic E-state index is 6.12. The smallest absolute Gasteiger partial charge is 0.257 e. The average molecular weight is 658 g/mol. The molecule has 12 nitrogen and oxygen atoms in total. The minimum atomic E-state index is 0.0765. The number of methoxy groups -OCH3 is 1. The summed E-state index contributed by atoms with van der Waals surface area (Å²) in [7, 11) is 1.58. The van der Waals surface area contributed by atoms with Crippen LogP contribution in [-0.4, -0.2) is 48.7 Å². The standard InChI is InChI=1S/C13H19N3O.C12H17N3O.C11H15N3O/c1-5-10-7-6-9(4)16-12(10)11(14)13(15-16)17-8(2)3;1-4-9-7-6-8(3)15-11(9)10(13)12(14-15)16-5-2;1-4-8-6-5-7(2)14-10(8)9(12)11(13-14)15-3/h6-8H,5,14H2,1-4H3;6-7H,4-5,13H2,1-3H3;5-6H,4,12H2,1-3H3. The van der Waals surface area contributed by atoms with Crippen LogP contribution < -0.4 is 31.4 Å². The average Bonchev–Trinajstić information content (AvgIpc) is 3.71. The van der Waals surface area contributed by atoms with Crippen LogP contribution in [0.2, 0.25) is 0 Å². The fourth-order valence-corrected chi connectivity index (χ4v) is 5.60. The third-order valence-electron chi connectivity index (χ3n) is 8.12. The van der Waals surface area contributed by atoms with Crippen molar-refractivity contribution in [3.05, 3.63) is 70.2 Å². The number of ether oxygens (including phenoxy) is 3. The number of hydrogen-bond acceptors (Lipinski definition) is 9. The fourth-order valence-electron chi connectivity index (χ4n) is 5.60. The molecule has 0 unspecified atom stereocenters. The van der Waals surface area contributed by atoms with Crippen LogP contribution in [0.4, 0.5) is 17.1 Å². The van der Waals surface area contributed by atoms with E-state index >= 15 is 0 Å². The van der Waals surface area contributed by atoms with Crippen molar-refractivity contribution in [1.29, 1.82) is 0 Å². The SMILES string of the molecule is CCOc1nn2c(C)ccc(CC)c2c1N.CCc1ccc(C)n2nc(OC(C)C)c(N)c12.CCc1ccc(C)n2nc(OC)c(N)c12. The van der Waals surface area contributed by atoms with Gasteiger partial charge >= 0.3 is 0 Å². The Hall–Kier alpha value is -5.13. The summed E-state index contributed by atoms with van der Waals surface area (Å²) in [6, 6.07) is 12.4. The molecule has 6 N–H and O–H groups in total. The number of anilines is 3. The maximum Gasteiger partial charge on any atom is 0.257 e. The molecule has 0 saturated carbocycles. The summed E-state index contributed by atoms with van der Waals surface area (Å²) in [6.45, 7) is 18.8. The second-order valence-electron chi connectivity index (χ2n) is 11.8. The lowest BCUT2D eigenvalue weighted by molar-refractivity contribution is 0.233. The second-order valence-corrected chi connectivity index (χ2v) is 11.8. The summed E-state index contributed by atoms with van der Waals surface area (Å²) in [5, 5.41) is 13.1. The first-order valence-electron chi connectivity index (χ1n) is 16.5. The Kier molecular flexibility index (Phi) is 11.3. The maximum absolute atomic E-state index is 6.12. The molecule has 0 aliphatic heterocycles. The number of nitrogen functional groups attached to an aromatic ring is 3. The number of rotatable bonds is 8. The van der Waals surface area contributed by atoms with E-state index in [9.17, 15) is 0 Å². The Balaban J connectivity index is 0.000000163. The summed E-state index contributed by atoms with van der Waals surface area (Å²) in [4.78, 5) is 0. The lowest BCUT2D eigenvalue weighted by atomic mass is 10.1. The normalized spacial score (nSPS) is 11.1. The van der Waals surface area contributed by atoms with Gasteiger partial charge in [-0.1, -0.05) is 39.0 Å². The highest BCUT2D eigenvalue weighted by Crippen LogP contribution is 2.31. The molecule has 258 valence electrons. The van der Waals surface area contributed by atoms with Crippen LogP contribution in [-0.2, 0) is 19.3 Å². The van der Waals surface area contributed by atoms with Gasteiger partial charge in [-0.2, -0.15) is 0 Å². The third kappa shape index (κ3) is 6.92. The van der Waals surface area contributed by atoms with Crippen LogP contribution in [0, 0.1) is 20.8 Å². The second kappa shape index (κ2) is 15.2. The van der Waals surface area contributed by atoms with Crippen molar-refractivity contribution in [2.45, 2.75) is 87.7 Å².